The molecule has 2 heteroatoms. The van der Waals surface area contributed by atoms with E-state index in [-0.39, 0.29) is 0 Å². The highest BCUT2D eigenvalue weighted by atomic mass is 16.5. The van der Waals surface area contributed by atoms with Crippen molar-refractivity contribution in [3.8, 4) is 0 Å². The van der Waals surface area contributed by atoms with Crippen LogP contribution >= 0.6 is 0 Å². The summed E-state index contributed by atoms with van der Waals surface area (Å²) in [7, 11) is 1.78. The predicted octanol–water partition coefficient (Wildman–Crippen LogP) is 1.20. The molecule has 2 heterocycles. The van der Waals surface area contributed by atoms with Crippen LogP contribution in [-0.2, 0) is 9.47 Å². The van der Waals surface area contributed by atoms with E-state index in [0.717, 1.165) is 12.5 Å². The van der Waals surface area contributed by atoms with Gasteiger partial charge in [0.2, 0.25) is 0 Å². The van der Waals surface area contributed by atoms with Gasteiger partial charge in [-0.15, -0.1) is 0 Å². The van der Waals surface area contributed by atoms with Gasteiger partial charge in [-0.2, -0.15) is 0 Å². The summed E-state index contributed by atoms with van der Waals surface area (Å²) in [6.45, 7) is 0.927. The fraction of sp³-hybridized carbons (Fsp3) is 1.00. The van der Waals surface area contributed by atoms with Crippen LogP contribution in [0.4, 0.5) is 0 Å². The van der Waals surface area contributed by atoms with Crippen molar-refractivity contribution in [2.24, 2.45) is 5.92 Å². The first-order chi connectivity index (χ1) is 4.88. The molecule has 2 unspecified atom stereocenters. The maximum atomic E-state index is 5.50. The van der Waals surface area contributed by atoms with Gasteiger partial charge in [0, 0.05) is 13.7 Å². The minimum atomic E-state index is 0.582. The molecule has 2 bridgehead atoms. The third kappa shape index (κ3) is 1.06. The summed E-state index contributed by atoms with van der Waals surface area (Å²) in [6.07, 6.45) is 4.92. The Balaban J connectivity index is 1.80. The van der Waals surface area contributed by atoms with Gasteiger partial charge in [0.05, 0.1) is 12.2 Å². The first-order valence-electron chi connectivity index (χ1n) is 4.03. The van der Waals surface area contributed by atoms with Crippen molar-refractivity contribution in [3.05, 3.63) is 0 Å². The summed E-state index contributed by atoms with van der Waals surface area (Å²) < 4.78 is 10.6. The smallest absolute Gasteiger partial charge is 0.0607 e. The molecule has 0 aromatic carbocycles. The normalized spacial score (nSPS) is 44.7. The van der Waals surface area contributed by atoms with Crippen LogP contribution in [0, 0.1) is 5.92 Å². The zero-order valence-electron chi connectivity index (χ0n) is 6.38. The largest absolute Gasteiger partial charge is 0.384 e. The topological polar surface area (TPSA) is 18.5 Å². The number of hydrogen-bond donors (Lipinski definition) is 0. The molecule has 58 valence electrons. The minimum Gasteiger partial charge on any atom is -0.384 e. The molecule has 2 saturated heterocycles. The molecule has 2 aliphatic heterocycles. The molecule has 0 aromatic heterocycles. The van der Waals surface area contributed by atoms with Crippen molar-refractivity contribution in [2.45, 2.75) is 31.5 Å². The van der Waals surface area contributed by atoms with Crippen LogP contribution in [0.1, 0.15) is 19.3 Å². The Labute approximate surface area is 61.5 Å². The molecule has 2 atom stereocenters. The summed E-state index contributed by atoms with van der Waals surface area (Å²) in [5, 5.41) is 0. The van der Waals surface area contributed by atoms with E-state index in [1.807, 2.05) is 0 Å². The average Bonchev–Trinajstić information content (AvgIpc) is 1.87. The summed E-state index contributed by atoms with van der Waals surface area (Å²) >= 11 is 0. The second kappa shape index (κ2) is 2.51. The molecule has 3 rings (SSSR count). The van der Waals surface area contributed by atoms with E-state index in [1.54, 1.807) is 7.11 Å². The van der Waals surface area contributed by atoms with E-state index in [0.29, 0.717) is 12.2 Å². The van der Waals surface area contributed by atoms with Crippen LogP contribution in [0.3, 0.4) is 0 Å². The average molecular weight is 142 g/mol. The summed E-state index contributed by atoms with van der Waals surface area (Å²) in [4.78, 5) is 0. The van der Waals surface area contributed by atoms with Gasteiger partial charge in [0.25, 0.3) is 0 Å². The van der Waals surface area contributed by atoms with E-state index in [4.69, 9.17) is 9.47 Å². The molecule has 3 aliphatic rings. The maximum absolute atomic E-state index is 5.50. The van der Waals surface area contributed by atoms with Gasteiger partial charge in [-0.1, -0.05) is 0 Å². The van der Waals surface area contributed by atoms with Crippen LogP contribution in [0.25, 0.3) is 0 Å². The highest BCUT2D eigenvalue weighted by molar-refractivity contribution is 4.87. The Morgan fingerprint density at radius 1 is 1.30 bits per heavy atom. The van der Waals surface area contributed by atoms with E-state index in [2.05, 4.69) is 0 Å². The fourth-order valence-electron chi connectivity index (χ4n) is 2.07. The highest BCUT2D eigenvalue weighted by Gasteiger charge is 2.38. The lowest BCUT2D eigenvalue weighted by Crippen LogP contribution is -2.46. The van der Waals surface area contributed by atoms with Crippen molar-refractivity contribution < 1.29 is 9.47 Å². The number of hydrogen-bond acceptors (Lipinski definition) is 2. The first-order valence-corrected chi connectivity index (χ1v) is 4.03. The number of ether oxygens (including phenoxy) is 2. The Morgan fingerprint density at radius 2 is 1.90 bits per heavy atom. The third-order valence-electron chi connectivity index (χ3n) is 2.51. The molecular weight excluding hydrogens is 128 g/mol. The van der Waals surface area contributed by atoms with E-state index in [1.165, 1.54) is 19.3 Å². The lowest BCUT2D eigenvalue weighted by atomic mass is 9.81. The van der Waals surface area contributed by atoms with Gasteiger partial charge < -0.3 is 9.47 Å². The quantitative estimate of drug-likeness (QED) is 0.576. The molecule has 3 fully saturated rings. The second-order valence-corrected chi connectivity index (χ2v) is 3.41. The third-order valence-corrected chi connectivity index (χ3v) is 2.51. The number of fused-ring (bicyclic) bond motifs is 2. The van der Waals surface area contributed by atoms with Crippen molar-refractivity contribution >= 4 is 0 Å². The van der Waals surface area contributed by atoms with Gasteiger partial charge in [-0.25, -0.2) is 0 Å². The highest BCUT2D eigenvalue weighted by Crippen LogP contribution is 2.37. The first kappa shape index (κ1) is 6.62. The summed E-state index contributed by atoms with van der Waals surface area (Å²) in [6, 6.07) is 0. The summed E-state index contributed by atoms with van der Waals surface area (Å²) in [5.41, 5.74) is 0. The Hall–Kier alpha value is -0.0800. The van der Waals surface area contributed by atoms with E-state index in [9.17, 15) is 0 Å². The fourth-order valence-corrected chi connectivity index (χ4v) is 2.07. The van der Waals surface area contributed by atoms with Gasteiger partial charge in [-0.05, 0) is 25.2 Å². The standard InChI is InChI=1S/C8H14O2/c1-9-5-6-2-7-4-8(3-6)10-7/h6-8H,2-5H2,1H3. The van der Waals surface area contributed by atoms with E-state index >= 15 is 0 Å². The Morgan fingerprint density at radius 3 is 2.40 bits per heavy atom. The zero-order chi connectivity index (χ0) is 6.97. The molecule has 0 spiro atoms. The lowest BCUT2D eigenvalue weighted by Gasteiger charge is -2.45. The molecule has 2 nitrogen and oxygen atoms in total. The van der Waals surface area contributed by atoms with Crippen LogP contribution in [0.2, 0.25) is 0 Å². The molecule has 1 saturated carbocycles. The molecule has 0 amide bonds. The van der Waals surface area contributed by atoms with Crippen molar-refractivity contribution in [1.29, 1.82) is 0 Å². The van der Waals surface area contributed by atoms with Crippen LogP contribution in [0.15, 0.2) is 0 Å². The Bertz CT molecular complexity index is 108. The van der Waals surface area contributed by atoms with Crippen LogP contribution in [-0.4, -0.2) is 25.9 Å². The number of methoxy groups -OCH3 is 1. The predicted molar refractivity (Wildman–Crippen MR) is 37.9 cm³/mol. The molecule has 0 N–H and O–H groups in total. The van der Waals surface area contributed by atoms with Crippen molar-refractivity contribution in [2.75, 3.05) is 13.7 Å². The monoisotopic (exact) mass is 142 g/mol. The number of rotatable bonds is 2. The lowest BCUT2D eigenvalue weighted by molar-refractivity contribution is -0.178. The van der Waals surface area contributed by atoms with Gasteiger partial charge in [0.1, 0.15) is 0 Å². The van der Waals surface area contributed by atoms with Crippen LogP contribution in [0.5, 0.6) is 0 Å². The molecule has 0 aromatic rings. The molecule has 10 heavy (non-hydrogen) atoms. The minimum absolute atomic E-state index is 0.582. The molecule has 0 radical (unpaired) electrons. The molecule has 1 aliphatic carbocycles. The van der Waals surface area contributed by atoms with E-state index < -0.39 is 0 Å². The zero-order valence-corrected chi connectivity index (χ0v) is 6.38. The van der Waals surface area contributed by atoms with Gasteiger partial charge in [0.15, 0.2) is 0 Å². The second-order valence-electron chi connectivity index (χ2n) is 3.41. The van der Waals surface area contributed by atoms with Crippen LogP contribution < -0.4 is 0 Å². The van der Waals surface area contributed by atoms with Crippen molar-refractivity contribution in [1.82, 2.24) is 0 Å². The SMILES string of the molecule is COCC1CC2CC(C1)O2. The maximum Gasteiger partial charge on any atom is 0.0607 e. The Kier molecular flexibility index (Phi) is 1.66. The van der Waals surface area contributed by atoms with Gasteiger partial charge >= 0.3 is 0 Å². The van der Waals surface area contributed by atoms with Crippen molar-refractivity contribution in [3.63, 3.8) is 0 Å². The van der Waals surface area contributed by atoms with Gasteiger partial charge in [-0.3, -0.25) is 0 Å². The molecular formula is C8H14O2. The summed E-state index contributed by atoms with van der Waals surface area (Å²) in [5.74, 6) is 0.780.